The van der Waals surface area contributed by atoms with Crippen molar-refractivity contribution in [2.75, 3.05) is 40.0 Å². The number of rotatable bonds is 4. The number of methoxy groups -OCH3 is 1. The van der Waals surface area contributed by atoms with Crippen molar-refractivity contribution in [3.05, 3.63) is 29.8 Å². The summed E-state index contributed by atoms with van der Waals surface area (Å²) in [5.74, 6) is -1.58. The van der Waals surface area contributed by atoms with Gasteiger partial charge in [0.05, 0.1) is 38.9 Å². The van der Waals surface area contributed by atoms with Crippen molar-refractivity contribution in [2.45, 2.75) is 25.2 Å². The first-order chi connectivity index (χ1) is 14.7. The minimum atomic E-state index is -5.08. The minimum absolute atomic E-state index is 0.0663. The van der Waals surface area contributed by atoms with E-state index in [9.17, 15) is 18.0 Å². The van der Waals surface area contributed by atoms with Gasteiger partial charge in [-0.1, -0.05) is 12.1 Å². The van der Waals surface area contributed by atoms with Crippen molar-refractivity contribution in [3.8, 4) is 5.75 Å². The average molecular weight is 446 g/mol. The number of carboxylic acids is 1. The Morgan fingerprint density at radius 2 is 2.03 bits per heavy atom. The van der Waals surface area contributed by atoms with Gasteiger partial charge in [0.25, 0.3) is 5.91 Å². The molecule has 3 fully saturated rings. The van der Waals surface area contributed by atoms with E-state index in [2.05, 4.69) is 17.0 Å². The van der Waals surface area contributed by atoms with Gasteiger partial charge in [0.15, 0.2) is 0 Å². The second-order valence-electron chi connectivity index (χ2n) is 7.62. The molecule has 31 heavy (non-hydrogen) atoms. The van der Waals surface area contributed by atoms with E-state index in [1.54, 1.807) is 12.2 Å². The average Bonchev–Trinajstić information content (AvgIpc) is 3.45. The van der Waals surface area contributed by atoms with E-state index < -0.39 is 12.1 Å². The monoisotopic (exact) mass is 446 g/mol. The fourth-order valence-corrected chi connectivity index (χ4v) is 4.01. The lowest BCUT2D eigenvalue weighted by Crippen LogP contribution is -2.38. The van der Waals surface area contributed by atoms with E-state index in [-0.39, 0.29) is 23.8 Å². The number of carboxylic acid groups (broad SMARTS) is 1. The number of halogens is 3. The Morgan fingerprint density at radius 1 is 1.29 bits per heavy atom. The third-order valence-electron chi connectivity index (χ3n) is 5.49. The van der Waals surface area contributed by atoms with Gasteiger partial charge in [0.1, 0.15) is 5.75 Å². The zero-order chi connectivity index (χ0) is 22.6. The summed E-state index contributed by atoms with van der Waals surface area (Å²) in [6.07, 6.45) is -4.00. The third-order valence-corrected chi connectivity index (χ3v) is 5.49. The van der Waals surface area contributed by atoms with E-state index in [1.807, 2.05) is 12.1 Å². The van der Waals surface area contributed by atoms with Crippen LogP contribution < -0.4 is 4.74 Å². The highest BCUT2D eigenvalue weighted by Gasteiger charge is 2.48. The van der Waals surface area contributed by atoms with Gasteiger partial charge < -0.3 is 14.6 Å². The van der Waals surface area contributed by atoms with Gasteiger partial charge in [-0.3, -0.25) is 14.5 Å². The molecule has 3 aliphatic heterocycles. The predicted molar refractivity (Wildman–Crippen MR) is 101 cm³/mol. The molecule has 3 heterocycles. The summed E-state index contributed by atoms with van der Waals surface area (Å²) in [4.78, 5) is 29.3. The van der Waals surface area contributed by atoms with E-state index in [0.29, 0.717) is 19.8 Å². The number of hydroxylamine groups is 2. The first kappa shape index (κ1) is 23.3. The number of fused-ring (bicyclic) bond motifs is 1. The third kappa shape index (κ3) is 5.86. The molecule has 0 radical (unpaired) electrons. The topological polar surface area (TPSA) is 88.5 Å². The van der Waals surface area contributed by atoms with Crippen LogP contribution in [0.25, 0.3) is 0 Å². The van der Waals surface area contributed by atoms with Crippen molar-refractivity contribution >= 4 is 11.9 Å². The molecule has 1 amide bonds. The maximum Gasteiger partial charge on any atom is 0.490 e. The summed E-state index contributed by atoms with van der Waals surface area (Å²) in [6, 6.07) is 8.14. The molecule has 0 unspecified atom stereocenters. The molecule has 3 aliphatic rings. The van der Waals surface area contributed by atoms with Crippen molar-refractivity contribution in [1.82, 2.24) is 9.96 Å². The van der Waals surface area contributed by atoms with Crippen LogP contribution in [0.2, 0.25) is 0 Å². The van der Waals surface area contributed by atoms with Gasteiger partial charge in [-0.15, -0.1) is 0 Å². The molecule has 1 aromatic rings. The first-order valence-electron chi connectivity index (χ1n) is 9.90. The molecule has 3 atom stereocenters. The second-order valence-corrected chi connectivity index (χ2v) is 7.62. The largest absolute Gasteiger partial charge is 0.497 e. The quantitative estimate of drug-likeness (QED) is 0.756. The lowest BCUT2D eigenvalue weighted by molar-refractivity contribution is -0.192. The van der Waals surface area contributed by atoms with Gasteiger partial charge in [0, 0.05) is 25.6 Å². The highest BCUT2D eigenvalue weighted by atomic mass is 19.4. The van der Waals surface area contributed by atoms with Crippen LogP contribution in [0, 0.1) is 11.8 Å². The fourth-order valence-electron chi connectivity index (χ4n) is 4.01. The Bertz CT molecular complexity index is 784. The number of amides is 1. The Balaban J connectivity index is 0.000000339. The smallest absolute Gasteiger partial charge is 0.490 e. The maximum atomic E-state index is 12.6. The number of ether oxygens (including phenoxy) is 2. The van der Waals surface area contributed by atoms with Crippen LogP contribution in [0.3, 0.4) is 0 Å². The lowest BCUT2D eigenvalue weighted by atomic mass is 9.92. The van der Waals surface area contributed by atoms with E-state index >= 15 is 0 Å². The molecule has 0 saturated carbocycles. The number of hydrogen-bond acceptors (Lipinski definition) is 6. The number of likely N-dealkylation sites (tertiary alicyclic amines) is 1. The molecule has 172 valence electrons. The van der Waals surface area contributed by atoms with Gasteiger partial charge >= 0.3 is 12.1 Å². The predicted octanol–water partition coefficient (Wildman–Crippen LogP) is 1.94. The molecule has 0 spiro atoms. The van der Waals surface area contributed by atoms with Crippen molar-refractivity contribution in [2.24, 2.45) is 11.8 Å². The minimum Gasteiger partial charge on any atom is -0.497 e. The number of hydrogen-bond donors (Lipinski definition) is 1. The van der Waals surface area contributed by atoms with Gasteiger partial charge in [-0.25, -0.2) is 9.86 Å². The standard InChI is InChI=1S/C18H24N2O4.C2HF3O2/c1-22-14-5-2-4-13(8-14)9-19-10-15-16(12-23-17(15)11-19)18(21)20-6-3-7-24-20;3-2(4,5)1(6)7/h2,4-5,8,15-17H,3,6-7,9-12H2,1H3;(H,6,7)/t15-,16+,17-;/m1./s1. The highest BCUT2D eigenvalue weighted by molar-refractivity contribution is 5.79. The maximum absolute atomic E-state index is 12.6. The normalized spacial score (nSPS) is 25.7. The summed E-state index contributed by atoms with van der Waals surface area (Å²) in [6.45, 7) is 4.52. The molecule has 0 bridgehead atoms. The van der Waals surface area contributed by atoms with Crippen molar-refractivity contribution in [1.29, 1.82) is 0 Å². The van der Waals surface area contributed by atoms with Gasteiger partial charge in [0.2, 0.25) is 0 Å². The molecular formula is C20H25F3N2O6. The summed E-state index contributed by atoms with van der Waals surface area (Å²) >= 11 is 0. The molecule has 1 aromatic carbocycles. The molecule has 0 aliphatic carbocycles. The van der Waals surface area contributed by atoms with Crippen molar-refractivity contribution in [3.63, 3.8) is 0 Å². The zero-order valence-electron chi connectivity index (χ0n) is 17.0. The van der Waals surface area contributed by atoms with Crippen LogP contribution in [-0.4, -0.2) is 79.2 Å². The molecular weight excluding hydrogens is 421 g/mol. The van der Waals surface area contributed by atoms with Gasteiger partial charge in [-0.2, -0.15) is 13.2 Å². The number of nitrogens with zero attached hydrogens (tertiary/aromatic N) is 2. The van der Waals surface area contributed by atoms with Crippen LogP contribution in [-0.2, 0) is 25.7 Å². The van der Waals surface area contributed by atoms with E-state index in [0.717, 1.165) is 31.8 Å². The number of aliphatic carboxylic acids is 1. The number of carbonyl (C=O) groups is 2. The Labute approximate surface area is 177 Å². The molecule has 8 nitrogen and oxygen atoms in total. The zero-order valence-corrected chi connectivity index (χ0v) is 17.0. The van der Waals surface area contributed by atoms with Crippen LogP contribution in [0.5, 0.6) is 5.75 Å². The van der Waals surface area contributed by atoms with E-state index in [4.69, 9.17) is 24.2 Å². The lowest BCUT2D eigenvalue weighted by Gasteiger charge is -2.22. The van der Waals surface area contributed by atoms with Crippen molar-refractivity contribution < 1.29 is 42.2 Å². The second kappa shape index (κ2) is 9.84. The Kier molecular flexibility index (Phi) is 7.39. The molecule has 0 aromatic heterocycles. The summed E-state index contributed by atoms with van der Waals surface area (Å²) in [5.41, 5.74) is 1.22. The molecule has 1 N–H and O–H groups in total. The number of alkyl halides is 3. The SMILES string of the molecule is COc1cccc(CN2C[C@@H]3[C@@H](C(=O)N4CCCO4)CO[C@@H]3C2)c1.O=C(O)C(F)(F)F. The summed E-state index contributed by atoms with van der Waals surface area (Å²) < 4.78 is 42.9. The Hall–Kier alpha value is -2.37. The molecule has 11 heteroatoms. The summed E-state index contributed by atoms with van der Waals surface area (Å²) in [7, 11) is 1.68. The van der Waals surface area contributed by atoms with Crippen LogP contribution in [0.1, 0.15) is 12.0 Å². The van der Waals surface area contributed by atoms with Crippen LogP contribution in [0.4, 0.5) is 13.2 Å². The van der Waals surface area contributed by atoms with E-state index in [1.165, 1.54) is 5.56 Å². The highest BCUT2D eigenvalue weighted by Crippen LogP contribution is 2.36. The summed E-state index contributed by atoms with van der Waals surface area (Å²) in [5, 5.41) is 8.67. The molecule has 4 rings (SSSR count). The first-order valence-corrected chi connectivity index (χ1v) is 9.90. The number of carbonyl (C=O) groups excluding carboxylic acids is 1. The Morgan fingerprint density at radius 3 is 2.65 bits per heavy atom. The van der Waals surface area contributed by atoms with Gasteiger partial charge in [-0.05, 0) is 24.1 Å². The fraction of sp³-hybridized carbons (Fsp3) is 0.600. The molecule has 3 saturated heterocycles. The van der Waals surface area contributed by atoms with Crippen LogP contribution >= 0.6 is 0 Å². The number of benzene rings is 1. The van der Waals surface area contributed by atoms with Crippen LogP contribution in [0.15, 0.2) is 24.3 Å².